The summed E-state index contributed by atoms with van der Waals surface area (Å²) in [5.41, 5.74) is 7.97. The highest BCUT2D eigenvalue weighted by Gasteiger charge is 2.40. The molecule has 3 rings (SSSR count). The molecular formula is C24H31N3O2. The number of carbonyl (C=O) groups excluding carboxylic acids is 2. The zero-order valence-electron chi connectivity index (χ0n) is 18.0. The van der Waals surface area contributed by atoms with Crippen LogP contribution < -0.4 is 15.8 Å². The predicted molar refractivity (Wildman–Crippen MR) is 118 cm³/mol. The Morgan fingerprint density at radius 3 is 2.31 bits per heavy atom. The second-order valence-electron chi connectivity index (χ2n) is 8.56. The number of hydrazine groups is 1. The molecule has 1 aliphatic rings. The van der Waals surface area contributed by atoms with Crippen molar-refractivity contribution in [2.45, 2.75) is 65.3 Å². The minimum Gasteiger partial charge on any atom is -0.351 e. The molecule has 2 N–H and O–H groups in total. The van der Waals surface area contributed by atoms with E-state index in [0.717, 1.165) is 40.9 Å². The molecule has 1 unspecified atom stereocenters. The van der Waals surface area contributed by atoms with Gasteiger partial charge in [-0.3, -0.25) is 15.0 Å². The molecule has 5 nitrogen and oxygen atoms in total. The predicted octanol–water partition coefficient (Wildman–Crippen LogP) is 4.57. The van der Waals surface area contributed by atoms with Crippen LogP contribution in [0.25, 0.3) is 0 Å². The van der Waals surface area contributed by atoms with Crippen LogP contribution in [0.15, 0.2) is 42.5 Å². The van der Waals surface area contributed by atoms with Gasteiger partial charge in [0.25, 0.3) is 5.91 Å². The first kappa shape index (κ1) is 20.9. The summed E-state index contributed by atoms with van der Waals surface area (Å²) in [5.74, 6) is -0.685. The van der Waals surface area contributed by atoms with E-state index in [9.17, 15) is 9.59 Å². The zero-order valence-corrected chi connectivity index (χ0v) is 18.0. The van der Waals surface area contributed by atoms with Gasteiger partial charge in [-0.1, -0.05) is 50.2 Å². The van der Waals surface area contributed by atoms with E-state index in [1.54, 1.807) is 5.01 Å². The van der Waals surface area contributed by atoms with E-state index < -0.39 is 5.92 Å². The molecule has 0 bridgehead atoms. The Morgan fingerprint density at radius 1 is 1.00 bits per heavy atom. The van der Waals surface area contributed by atoms with Gasteiger partial charge in [-0.15, -0.1) is 0 Å². The Hall–Kier alpha value is -2.82. The second-order valence-corrected chi connectivity index (χ2v) is 8.56. The minimum atomic E-state index is -0.486. The third kappa shape index (κ3) is 4.44. The lowest BCUT2D eigenvalue weighted by Gasteiger charge is -2.24. The van der Waals surface area contributed by atoms with E-state index in [0.29, 0.717) is 0 Å². The number of amides is 2. The molecule has 1 heterocycles. The largest absolute Gasteiger partial charge is 0.351 e. The molecule has 0 fully saturated rings. The van der Waals surface area contributed by atoms with Gasteiger partial charge in [0.1, 0.15) is 0 Å². The average Bonchev–Trinajstić information content (AvgIpc) is 2.92. The highest BCUT2D eigenvalue weighted by molar-refractivity contribution is 6.08. The number of nitrogens with zero attached hydrogens (tertiary/aromatic N) is 1. The molecule has 29 heavy (non-hydrogen) atoms. The number of anilines is 2. The smallest absolute Gasteiger partial charge is 0.253 e. The highest BCUT2D eigenvalue weighted by atomic mass is 16.2. The van der Waals surface area contributed by atoms with Gasteiger partial charge < -0.3 is 5.32 Å². The number of carbonyl (C=O) groups is 2. The van der Waals surface area contributed by atoms with Gasteiger partial charge >= 0.3 is 0 Å². The van der Waals surface area contributed by atoms with Crippen LogP contribution in [0.1, 0.15) is 63.6 Å². The van der Waals surface area contributed by atoms with E-state index in [2.05, 4.69) is 30.7 Å². The molecular weight excluding hydrogens is 362 g/mol. The van der Waals surface area contributed by atoms with Gasteiger partial charge in [0.05, 0.1) is 17.3 Å². The lowest BCUT2D eigenvalue weighted by atomic mass is 9.94. The van der Waals surface area contributed by atoms with Crippen LogP contribution in [0.2, 0.25) is 0 Å². The van der Waals surface area contributed by atoms with Crippen LogP contribution in [-0.4, -0.2) is 17.4 Å². The van der Waals surface area contributed by atoms with Gasteiger partial charge in [0.2, 0.25) is 5.91 Å². The van der Waals surface area contributed by atoms with Crippen LogP contribution in [0.5, 0.6) is 0 Å². The fraction of sp³-hybridized carbons (Fsp3) is 0.417. The Kier molecular flexibility index (Phi) is 5.96. The topological polar surface area (TPSA) is 61.4 Å². The molecule has 0 saturated heterocycles. The van der Waals surface area contributed by atoms with Crippen molar-refractivity contribution < 1.29 is 9.59 Å². The molecule has 0 radical (unpaired) electrons. The molecule has 154 valence electrons. The maximum absolute atomic E-state index is 13.4. The van der Waals surface area contributed by atoms with Crippen molar-refractivity contribution in [1.82, 2.24) is 5.32 Å². The molecule has 0 saturated carbocycles. The van der Waals surface area contributed by atoms with Gasteiger partial charge in [0.15, 0.2) is 0 Å². The number of rotatable bonds is 6. The van der Waals surface area contributed by atoms with Crippen molar-refractivity contribution in [1.29, 1.82) is 0 Å². The quantitative estimate of drug-likeness (QED) is 0.755. The lowest BCUT2D eigenvalue weighted by Crippen LogP contribution is -2.42. The first-order valence-electron chi connectivity index (χ1n) is 10.4. The number of fused-ring (bicyclic) bond motifs is 1. The maximum Gasteiger partial charge on any atom is 0.253 e. The van der Waals surface area contributed by atoms with Crippen molar-refractivity contribution >= 4 is 23.2 Å². The van der Waals surface area contributed by atoms with E-state index in [-0.39, 0.29) is 23.8 Å². The first-order valence-corrected chi connectivity index (χ1v) is 10.4. The normalized spacial score (nSPS) is 16.0. The molecule has 2 aromatic carbocycles. The third-order valence-corrected chi connectivity index (χ3v) is 5.18. The van der Waals surface area contributed by atoms with Crippen molar-refractivity contribution in [2.24, 2.45) is 0 Å². The van der Waals surface area contributed by atoms with E-state index in [4.69, 9.17) is 0 Å². The fourth-order valence-electron chi connectivity index (χ4n) is 3.87. The third-order valence-electron chi connectivity index (χ3n) is 5.18. The summed E-state index contributed by atoms with van der Waals surface area (Å²) in [4.78, 5) is 26.0. The molecule has 1 aliphatic heterocycles. The average molecular weight is 394 g/mol. The summed E-state index contributed by atoms with van der Waals surface area (Å²) in [6, 6.07) is 14.0. The lowest BCUT2D eigenvalue weighted by molar-refractivity contribution is -0.126. The number of benzene rings is 2. The van der Waals surface area contributed by atoms with Gasteiger partial charge in [0, 0.05) is 12.0 Å². The number of hydrogen-bond acceptors (Lipinski definition) is 3. The standard InChI is InChI=1S/C24H31N3O2/c1-6-16-11-8-9-14-20(16)26-27-22-17(7-2)12-10-13-18(22)19(23(27)29)15-21(28)25-24(3,4)5/h8-14,19,26H,6-7,15H2,1-5H3,(H,25,28). The van der Waals surface area contributed by atoms with Crippen molar-refractivity contribution in [3.05, 3.63) is 59.2 Å². The molecule has 2 aromatic rings. The zero-order chi connectivity index (χ0) is 21.2. The summed E-state index contributed by atoms with van der Waals surface area (Å²) in [6.07, 6.45) is 1.82. The molecule has 0 aliphatic carbocycles. The summed E-state index contributed by atoms with van der Waals surface area (Å²) in [7, 11) is 0. The molecule has 0 aromatic heterocycles. The Morgan fingerprint density at radius 2 is 1.66 bits per heavy atom. The SMILES string of the molecule is CCc1ccccc1NN1C(=O)C(CC(=O)NC(C)(C)C)c2cccc(CC)c21. The summed E-state index contributed by atoms with van der Waals surface area (Å²) in [5, 5.41) is 4.63. The number of para-hydroxylation sites is 2. The maximum atomic E-state index is 13.4. The summed E-state index contributed by atoms with van der Waals surface area (Å²) < 4.78 is 0. The second kappa shape index (κ2) is 8.27. The van der Waals surface area contributed by atoms with Gasteiger partial charge in [-0.25, -0.2) is 5.01 Å². The Bertz CT molecular complexity index is 915. The Balaban J connectivity index is 1.97. The first-order chi connectivity index (χ1) is 13.7. The van der Waals surface area contributed by atoms with Crippen molar-refractivity contribution in [3.8, 4) is 0 Å². The van der Waals surface area contributed by atoms with Crippen molar-refractivity contribution in [3.63, 3.8) is 0 Å². The van der Waals surface area contributed by atoms with Gasteiger partial charge in [-0.05, 0) is 56.4 Å². The molecule has 2 amide bonds. The number of hydrogen-bond donors (Lipinski definition) is 2. The molecule has 1 atom stereocenters. The van der Waals surface area contributed by atoms with Crippen LogP contribution in [0.3, 0.4) is 0 Å². The van der Waals surface area contributed by atoms with E-state index in [1.165, 1.54) is 0 Å². The Labute approximate surface area is 173 Å². The fourth-order valence-corrected chi connectivity index (χ4v) is 3.87. The van der Waals surface area contributed by atoms with Crippen LogP contribution in [0, 0.1) is 0 Å². The number of aryl methyl sites for hydroxylation is 2. The highest BCUT2D eigenvalue weighted by Crippen LogP contribution is 2.42. The molecule has 5 heteroatoms. The monoisotopic (exact) mass is 393 g/mol. The number of nitrogens with one attached hydrogen (secondary N) is 2. The van der Waals surface area contributed by atoms with Gasteiger partial charge in [-0.2, -0.15) is 0 Å². The minimum absolute atomic E-state index is 0.0872. The van der Waals surface area contributed by atoms with Crippen LogP contribution >= 0.6 is 0 Å². The van der Waals surface area contributed by atoms with Crippen molar-refractivity contribution in [2.75, 3.05) is 10.4 Å². The van der Waals surface area contributed by atoms with E-state index >= 15 is 0 Å². The van der Waals surface area contributed by atoms with E-state index in [1.807, 2.05) is 57.2 Å². The van der Waals surface area contributed by atoms with Crippen LogP contribution in [-0.2, 0) is 22.4 Å². The summed E-state index contributed by atoms with van der Waals surface area (Å²) in [6.45, 7) is 10.0. The van der Waals surface area contributed by atoms with Crippen LogP contribution in [0.4, 0.5) is 11.4 Å². The molecule has 0 spiro atoms. The summed E-state index contributed by atoms with van der Waals surface area (Å²) >= 11 is 0.